The third-order valence-corrected chi connectivity index (χ3v) is 5.97. The summed E-state index contributed by atoms with van der Waals surface area (Å²) in [7, 11) is 0. The Morgan fingerprint density at radius 1 is 0.972 bits per heavy atom. The molecule has 10 nitrogen and oxygen atoms in total. The van der Waals surface area contributed by atoms with Crippen molar-refractivity contribution in [2.45, 2.75) is 32.3 Å². The minimum Gasteiger partial charge on any atom is -0.490 e. The molecule has 3 aromatic rings. The summed E-state index contributed by atoms with van der Waals surface area (Å²) in [6.07, 6.45) is 7.12. The maximum Gasteiger partial charge on any atom is 0.272 e. The quantitative estimate of drug-likeness (QED) is 0.535. The smallest absolute Gasteiger partial charge is 0.272 e. The van der Waals surface area contributed by atoms with Gasteiger partial charge >= 0.3 is 0 Å². The van der Waals surface area contributed by atoms with E-state index >= 15 is 0 Å². The minimum absolute atomic E-state index is 0.0126. The van der Waals surface area contributed by atoms with Crippen molar-refractivity contribution in [1.29, 1.82) is 0 Å². The highest BCUT2D eigenvalue weighted by Gasteiger charge is 2.23. The van der Waals surface area contributed by atoms with E-state index in [1.807, 2.05) is 6.92 Å². The van der Waals surface area contributed by atoms with E-state index in [2.05, 4.69) is 20.3 Å². The Morgan fingerprint density at radius 3 is 2.44 bits per heavy atom. The number of hydrogen-bond acceptors (Lipinski definition) is 8. The monoisotopic (exact) mass is 489 g/mol. The van der Waals surface area contributed by atoms with Gasteiger partial charge in [-0.1, -0.05) is 0 Å². The first-order valence-electron chi connectivity index (χ1n) is 12.0. The second-order valence-electron chi connectivity index (χ2n) is 8.75. The van der Waals surface area contributed by atoms with Crippen LogP contribution >= 0.6 is 0 Å². The van der Waals surface area contributed by atoms with Crippen LogP contribution in [-0.2, 0) is 4.74 Å². The third kappa shape index (κ3) is 5.77. The highest BCUT2D eigenvalue weighted by atomic mass is 16.5. The number of nitrogens with one attached hydrogen (secondary N) is 1. The van der Waals surface area contributed by atoms with Gasteiger partial charge in [-0.3, -0.25) is 14.6 Å². The van der Waals surface area contributed by atoms with Gasteiger partial charge in [-0.05, 0) is 37.6 Å². The molecule has 10 heteroatoms. The minimum atomic E-state index is -0.371. The van der Waals surface area contributed by atoms with Crippen LogP contribution in [-0.4, -0.2) is 64.1 Å². The standard InChI is InChI=1S/C26H27N5O5/c1-17-14-29-24(16-27-17)30-25(32)18-11-21(35-19-5-9-34-10-6-19)13-22(12-18)36-20-3-4-23(28-15-20)26(33)31-7-2-8-31/h3-4,11-16,19H,2,5-10H2,1H3,(H,29,30,32). The van der Waals surface area contributed by atoms with Crippen molar-refractivity contribution >= 4 is 17.6 Å². The van der Waals surface area contributed by atoms with Crippen molar-refractivity contribution in [3.05, 3.63) is 65.9 Å². The van der Waals surface area contributed by atoms with Gasteiger partial charge in [0.15, 0.2) is 5.82 Å². The lowest BCUT2D eigenvalue weighted by Gasteiger charge is -2.30. The number of carbonyl (C=O) groups is 2. The molecule has 0 bridgehead atoms. The Hall–Kier alpha value is -4.05. The molecule has 2 aliphatic heterocycles. The van der Waals surface area contributed by atoms with Crippen LogP contribution in [0.1, 0.15) is 45.8 Å². The Bertz CT molecular complexity index is 1220. The number of carbonyl (C=O) groups excluding carboxylic acids is 2. The van der Waals surface area contributed by atoms with E-state index in [0.29, 0.717) is 47.5 Å². The van der Waals surface area contributed by atoms with Crippen molar-refractivity contribution in [1.82, 2.24) is 19.9 Å². The van der Waals surface area contributed by atoms with Gasteiger partial charge in [-0.25, -0.2) is 9.97 Å². The van der Waals surface area contributed by atoms with E-state index in [4.69, 9.17) is 14.2 Å². The fraction of sp³-hybridized carbons (Fsp3) is 0.346. The van der Waals surface area contributed by atoms with Crippen molar-refractivity contribution < 1.29 is 23.8 Å². The van der Waals surface area contributed by atoms with E-state index in [1.54, 1.807) is 41.4 Å². The number of benzene rings is 1. The van der Waals surface area contributed by atoms with Crippen LogP contribution in [0.4, 0.5) is 5.82 Å². The summed E-state index contributed by atoms with van der Waals surface area (Å²) in [6, 6.07) is 8.35. The van der Waals surface area contributed by atoms with E-state index in [-0.39, 0.29) is 17.9 Å². The van der Waals surface area contributed by atoms with Gasteiger partial charge in [0.1, 0.15) is 29.0 Å². The molecule has 2 amide bonds. The molecule has 0 saturated carbocycles. The molecule has 5 rings (SSSR count). The molecule has 0 aliphatic carbocycles. The van der Waals surface area contributed by atoms with Crippen molar-refractivity contribution in [2.75, 3.05) is 31.6 Å². The van der Waals surface area contributed by atoms with Gasteiger partial charge in [-0.15, -0.1) is 0 Å². The van der Waals surface area contributed by atoms with Crippen LogP contribution in [0.2, 0.25) is 0 Å². The Morgan fingerprint density at radius 2 is 1.78 bits per heavy atom. The van der Waals surface area contributed by atoms with Crippen LogP contribution in [0.25, 0.3) is 0 Å². The zero-order valence-corrected chi connectivity index (χ0v) is 20.0. The number of aromatic nitrogens is 3. The number of aryl methyl sites for hydroxylation is 1. The number of ether oxygens (including phenoxy) is 3. The Balaban J connectivity index is 1.35. The summed E-state index contributed by atoms with van der Waals surface area (Å²) < 4.78 is 17.6. The maximum atomic E-state index is 13.0. The summed E-state index contributed by atoms with van der Waals surface area (Å²) in [5.74, 6) is 1.24. The highest BCUT2D eigenvalue weighted by Crippen LogP contribution is 2.29. The summed E-state index contributed by atoms with van der Waals surface area (Å²) in [5, 5.41) is 2.75. The molecule has 0 atom stereocenters. The van der Waals surface area contributed by atoms with Gasteiger partial charge in [-0.2, -0.15) is 0 Å². The predicted molar refractivity (Wildman–Crippen MR) is 130 cm³/mol. The molecule has 1 aromatic carbocycles. The molecule has 4 heterocycles. The molecule has 2 saturated heterocycles. The zero-order chi connectivity index (χ0) is 24.9. The summed E-state index contributed by atoms with van der Waals surface area (Å²) in [5.41, 5.74) is 1.47. The van der Waals surface area contributed by atoms with Crippen molar-refractivity contribution in [3.8, 4) is 17.2 Å². The van der Waals surface area contributed by atoms with Crippen LogP contribution < -0.4 is 14.8 Å². The van der Waals surface area contributed by atoms with E-state index in [9.17, 15) is 9.59 Å². The Kier molecular flexibility index (Phi) is 7.03. The van der Waals surface area contributed by atoms with E-state index in [1.165, 1.54) is 12.4 Å². The fourth-order valence-corrected chi connectivity index (χ4v) is 3.85. The topological polar surface area (TPSA) is 116 Å². The molecule has 0 spiro atoms. The van der Waals surface area contributed by atoms with Crippen LogP contribution in [0.5, 0.6) is 17.2 Å². The van der Waals surface area contributed by atoms with Gasteiger partial charge in [0.25, 0.3) is 11.8 Å². The zero-order valence-electron chi connectivity index (χ0n) is 20.0. The molecule has 2 fully saturated rings. The lowest BCUT2D eigenvalue weighted by molar-refractivity contribution is 0.0255. The van der Waals surface area contributed by atoms with Gasteiger partial charge < -0.3 is 24.4 Å². The highest BCUT2D eigenvalue weighted by molar-refractivity contribution is 6.04. The number of pyridine rings is 1. The average Bonchev–Trinajstić information content (AvgIpc) is 2.85. The van der Waals surface area contributed by atoms with E-state index in [0.717, 1.165) is 38.0 Å². The molecule has 0 unspecified atom stereocenters. The Labute approximate surface area is 208 Å². The second-order valence-corrected chi connectivity index (χ2v) is 8.75. The molecular weight excluding hydrogens is 462 g/mol. The predicted octanol–water partition coefficient (Wildman–Crippen LogP) is 3.63. The van der Waals surface area contributed by atoms with Gasteiger partial charge in [0.05, 0.1) is 37.5 Å². The van der Waals surface area contributed by atoms with Gasteiger partial charge in [0, 0.05) is 37.6 Å². The van der Waals surface area contributed by atoms with Gasteiger partial charge in [0.2, 0.25) is 0 Å². The van der Waals surface area contributed by atoms with Crippen molar-refractivity contribution in [2.24, 2.45) is 0 Å². The number of amides is 2. The summed E-state index contributed by atoms with van der Waals surface area (Å²) >= 11 is 0. The molecular formula is C26H27N5O5. The number of hydrogen-bond donors (Lipinski definition) is 1. The van der Waals surface area contributed by atoms with Crippen LogP contribution in [0, 0.1) is 6.92 Å². The maximum absolute atomic E-state index is 13.0. The normalized spacial score (nSPS) is 15.6. The molecule has 0 radical (unpaired) electrons. The average molecular weight is 490 g/mol. The molecule has 2 aromatic heterocycles. The molecule has 36 heavy (non-hydrogen) atoms. The number of rotatable bonds is 7. The summed E-state index contributed by atoms with van der Waals surface area (Å²) in [4.78, 5) is 39.7. The molecule has 2 aliphatic rings. The summed E-state index contributed by atoms with van der Waals surface area (Å²) in [6.45, 7) is 4.61. The van der Waals surface area contributed by atoms with Crippen LogP contribution in [0.3, 0.4) is 0 Å². The first kappa shape index (κ1) is 23.7. The molecule has 186 valence electrons. The lowest BCUT2D eigenvalue weighted by Crippen LogP contribution is -2.42. The largest absolute Gasteiger partial charge is 0.490 e. The number of nitrogens with zero attached hydrogens (tertiary/aromatic N) is 4. The SMILES string of the molecule is Cc1cnc(NC(=O)c2cc(Oc3ccc(C(=O)N4CCC4)nc3)cc(OC3CCOCC3)c2)cn1. The molecule has 1 N–H and O–H groups in total. The number of likely N-dealkylation sites (tertiary alicyclic amines) is 1. The third-order valence-electron chi connectivity index (χ3n) is 5.97. The van der Waals surface area contributed by atoms with Crippen LogP contribution in [0.15, 0.2) is 48.9 Å². The van der Waals surface area contributed by atoms with Crippen molar-refractivity contribution in [3.63, 3.8) is 0 Å². The first-order chi connectivity index (χ1) is 17.5. The second kappa shape index (κ2) is 10.7. The first-order valence-corrected chi connectivity index (χ1v) is 12.0. The lowest BCUT2D eigenvalue weighted by atomic mass is 10.1. The van der Waals surface area contributed by atoms with E-state index < -0.39 is 0 Å². The number of anilines is 1. The fourth-order valence-electron chi connectivity index (χ4n) is 3.85.